The fraction of sp³-hybridized carbons (Fsp3) is 0.250. The molecule has 0 saturated heterocycles. The van der Waals surface area contributed by atoms with Crippen LogP contribution in [-0.2, 0) is 6.54 Å². The number of hydrogen-bond donors (Lipinski definition) is 2. The van der Waals surface area contributed by atoms with Gasteiger partial charge in [-0.25, -0.2) is 4.39 Å². The highest BCUT2D eigenvalue weighted by Gasteiger charge is 2.05. The molecule has 106 valence electrons. The minimum Gasteiger partial charge on any atom is -0.491 e. The van der Waals surface area contributed by atoms with Gasteiger partial charge in [-0.2, -0.15) is 0 Å². The van der Waals surface area contributed by atoms with Gasteiger partial charge in [-0.15, -0.1) is 0 Å². The molecule has 0 aliphatic heterocycles. The van der Waals surface area contributed by atoms with Gasteiger partial charge in [0.15, 0.2) is 0 Å². The van der Waals surface area contributed by atoms with E-state index in [-0.39, 0.29) is 5.82 Å². The Morgan fingerprint density at radius 1 is 1.15 bits per heavy atom. The molecule has 2 rings (SSSR count). The normalized spacial score (nSPS) is 10.3. The molecule has 20 heavy (non-hydrogen) atoms. The Kier molecular flexibility index (Phi) is 4.82. The molecular weight excluding hydrogens is 255 g/mol. The van der Waals surface area contributed by atoms with Crippen LogP contribution >= 0.6 is 0 Å². The number of nitrogens with one attached hydrogen (secondary N) is 1. The van der Waals surface area contributed by atoms with Crippen molar-refractivity contribution < 1.29 is 9.13 Å². The highest BCUT2D eigenvalue weighted by Crippen LogP contribution is 2.29. The number of anilines is 2. The lowest BCUT2D eigenvalue weighted by molar-refractivity contribution is 0.319. The van der Waals surface area contributed by atoms with Gasteiger partial charge in [-0.05, 0) is 36.2 Å². The van der Waals surface area contributed by atoms with Gasteiger partial charge in [0.25, 0.3) is 0 Å². The summed E-state index contributed by atoms with van der Waals surface area (Å²) in [6.07, 6.45) is 0.937. The fourth-order valence-electron chi connectivity index (χ4n) is 1.84. The molecule has 0 unspecified atom stereocenters. The van der Waals surface area contributed by atoms with Crippen LogP contribution in [-0.4, -0.2) is 6.61 Å². The van der Waals surface area contributed by atoms with Crippen LogP contribution in [0.5, 0.6) is 5.75 Å². The van der Waals surface area contributed by atoms with Gasteiger partial charge in [0.2, 0.25) is 0 Å². The van der Waals surface area contributed by atoms with Crippen molar-refractivity contribution in [1.29, 1.82) is 0 Å². The number of rotatable bonds is 6. The summed E-state index contributed by atoms with van der Waals surface area (Å²) < 4.78 is 18.4. The number of halogens is 1. The van der Waals surface area contributed by atoms with Crippen LogP contribution in [0.3, 0.4) is 0 Å². The van der Waals surface area contributed by atoms with Crippen LogP contribution in [0.25, 0.3) is 0 Å². The first-order valence-electron chi connectivity index (χ1n) is 6.70. The first kappa shape index (κ1) is 14.2. The Morgan fingerprint density at radius 2 is 1.90 bits per heavy atom. The zero-order valence-electron chi connectivity index (χ0n) is 11.5. The summed E-state index contributed by atoms with van der Waals surface area (Å²) in [5, 5.41) is 3.24. The smallest absolute Gasteiger partial charge is 0.144 e. The average Bonchev–Trinajstić information content (AvgIpc) is 2.47. The van der Waals surface area contributed by atoms with Gasteiger partial charge in [-0.1, -0.05) is 25.1 Å². The molecule has 0 amide bonds. The Balaban J connectivity index is 2.03. The summed E-state index contributed by atoms with van der Waals surface area (Å²) in [5.41, 5.74) is 8.48. The van der Waals surface area contributed by atoms with E-state index in [4.69, 9.17) is 10.5 Å². The average molecular weight is 274 g/mol. The Labute approximate surface area is 118 Å². The van der Waals surface area contributed by atoms with Gasteiger partial charge in [-0.3, -0.25) is 0 Å². The van der Waals surface area contributed by atoms with Gasteiger partial charge in [0.05, 0.1) is 18.0 Å². The second-order valence-corrected chi connectivity index (χ2v) is 4.55. The molecule has 0 aliphatic rings. The van der Waals surface area contributed by atoms with Gasteiger partial charge in [0, 0.05) is 6.54 Å². The Hall–Kier alpha value is -2.23. The predicted octanol–water partition coefficient (Wildman–Crippen LogP) is 3.81. The van der Waals surface area contributed by atoms with Gasteiger partial charge < -0.3 is 15.8 Å². The minimum absolute atomic E-state index is 0.233. The fourth-order valence-corrected chi connectivity index (χ4v) is 1.84. The van der Waals surface area contributed by atoms with Gasteiger partial charge in [0.1, 0.15) is 11.6 Å². The van der Waals surface area contributed by atoms with E-state index in [1.807, 2.05) is 25.1 Å². The maximum absolute atomic E-state index is 12.8. The molecule has 3 nitrogen and oxygen atoms in total. The molecule has 0 atom stereocenters. The number of hydrogen-bond acceptors (Lipinski definition) is 3. The molecule has 0 aliphatic carbocycles. The van der Waals surface area contributed by atoms with Crippen LogP contribution in [0, 0.1) is 5.82 Å². The zero-order valence-corrected chi connectivity index (χ0v) is 11.5. The number of nitrogens with two attached hydrogens (primary N) is 1. The molecular formula is C16H19FN2O. The molecule has 3 N–H and O–H groups in total. The largest absolute Gasteiger partial charge is 0.491 e. The molecule has 0 radical (unpaired) electrons. The van der Waals surface area contributed by atoms with Crippen molar-refractivity contribution >= 4 is 11.4 Å². The summed E-state index contributed by atoms with van der Waals surface area (Å²) in [4.78, 5) is 0. The van der Waals surface area contributed by atoms with Crippen LogP contribution < -0.4 is 15.8 Å². The van der Waals surface area contributed by atoms with Crippen molar-refractivity contribution in [3.8, 4) is 5.75 Å². The molecule has 0 saturated carbocycles. The third kappa shape index (κ3) is 3.63. The molecule has 2 aromatic carbocycles. The number of ether oxygens (including phenoxy) is 1. The van der Waals surface area contributed by atoms with Crippen LogP contribution in [0.15, 0.2) is 42.5 Å². The summed E-state index contributed by atoms with van der Waals surface area (Å²) in [6, 6.07) is 12.0. The van der Waals surface area contributed by atoms with Crippen molar-refractivity contribution in [2.45, 2.75) is 19.9 Å². The zero-order chi connectivity index (χ0) is 14.4. The van der Waals surface area contributed by atoms with E-state index in [1.165, 1.54) is 12.1 Å². The van der Waals surface area contributed by atoms with E-state index in [2.05, 4.69) is 5.32 Å². The van der Waals surface area contributed by atoms with E-state index in [1.54, 1.807) is 12.1 Å². The van der Waals surface area contributed by atoms with E-state index in [0.29, 0.717) is 24.6 Å². The van der Waals surface area contributed by atoms with E-state index < -0.39 is 0 Å². The quantitative estimate of drug-likeness (QED) is 0.787. The topological polar surface area (TPSA) is 47.3 Å². The molecule has 4 heteroatoms. The van der Waals surface area contributed by atoms with Crippen LogP contribution in [0.4, 0.5) is 15.8 Å². The van der Waals surface area contributed by atoms with Gasteiger partial charge >= 0.3 is 0 Å². The van der Waals surface area contributed by atoms with Crippen molar-refractivity contribution in [2.75, 3.05) is 17.7 Å². The third-order valence-electron chi connectivity index (χ3n) is 2.92. The first-order chi connectivity index (χ1) is 9.70. The molecule has 0 heterocycles. The summed E-state index contributed by atoms with van der Waals surface area (Å²) in [6.45, 7) is 3.28. The van der Waals surface area contributed by atoms with Crippen LogP contribution in [0.1, 0.15) is 18.9 Å². The van der Waals surface area contributed by atoms with Crippen molar-refractivity contribution in [1.82, 2.24) is 0 Å². The molecule has 0 bridgehead atoms. The second kappa shape index (κ2) is 6.80. The number of nitrogen functional groups attached to an aromatic ring is 1. The number of para-hydroxylation sites is 1. The Bertz CT molecular complexity index is 555. The standard InChI is InChI=1S/C16H19FN2O/c1-2-10-20-15-5-3-4-14(16(15)18)19-11-12-6-8-13(17)9-7-12/h3-9,19H,2,10-11,18H2,1H3. The van der Waals surface area contributed by atoms with E-state index >= 15 is 0 Å². The lowest BCUT2D eigenvalue weighted by atomic mass is 10.2. The monoisotopic (exact) mass is 274 g/mol. The lowest BCUT2D eigenvalue weighted by Crippen LogP contribution is -2.05. The van der Waals surface area contributed by atoms with Crippen molar-refractivity contribution in [3.63, 3.8) is 0 Å². The highest BCUT2D eigenvalue weighted by molar-refractivity contribution is 5.72. The van der Waals surface area contributed by atoms with E-state index in [9.17, 15) is 4.39 Å². The summed E-state index contributed by atoms with van der Waals surface area (Å²) >= 11 is 0. The molecule has 0 aromatic heterocycles. The maximum atomic E-state index is 12.8. The summed E-state index contributed by atoms with van der Waals surface area (Å²) in [7, 11) is 0. The SMILES string of the molecule is CCCOc1cccc(NCc2ccc(F)cc2)c1N. The minimum atomic E-state index is -0.233. The molecule has 0 fully saturated rings. The molecule has 2 aromatic rings. The first-order valence-corrected chi connectivity index (χ1v) is 6.70. The third-order valence-corrected chi connectivity index (χ3v) is 2.92. The summed E-state index contributed by atoms with van der Waals surface area (Å²) in [5.74, 6) is 0.458. The predicted molar refractivity (Wildman–Crippen MR) is 80.4 cm³/mol. The van der Waals surface area contributed by atoms with Crippen molar-refractivity contribution in [3.05, 3.63) is 53.8 Å². The van der Waals surface area contributed by atoms with E-state index in [0.717, 1.165) is 17.7 Å². The maximum Gasteiger partial charge on any atom is 0.144 e. The lowest BCUT2D eigenvalue weighted by Gasteiger charge is -2.13. The Morgan fingerprint density at radius 3 is 2.60 bits per heavy atom. The second-order valence-electron chi connectivity index (χ2n) is 4.55. The van der Waals surface area contributed by atoms with Crippen molar-refractivity contribution in [2.24, 2.45) is 0 Å². The molecule has 0 spiro atoms. The number of benzene rings is 2. The van der Waals surface area contributed by atoms with Crippen LogP contribution in [0.2, 0.25) is 0 Å². The highest BCUT2D eigenvalue weighted by atomic mass is 19.1.